The first-order valence-electron chi connectivity index (χ1n) is 10.7. The summed E-state index contributed by atoms with van der Waals surface area (Å²) in [6.07, 6.45) is 3.16. The second-order valence-electron chi connectivity index (χ2n) is 7.92. The molecule has 34 heavy (non-hydrogen) atoms. The van der Waals surface area contributed by atoms with Gasteiger partial charge < -0.3 is 23.8 Å². The first kappa shape index (κ1) is 21.3. The second-order valence-corrected chi connectivity index (χ2v) is 7.92. The number of carboxylic acids is 1. The summed E-state index contributed by atoms with van der Waals surface area (Å²) in [5.74, 6) is -0.768. The summed E-state index contributed by atoms with van der Waals surface area (Å²) >= 11 is 0. The van der Waals surface area contributed by atoms with Crippen molar-refractivity contribution in [2.24, 2.45) is 0 Å². The summed E-state index contributed by atoms with van der Waals surface area (Å²) in [4.78, 5) is 28.9. The molecule has 0 saturated heterocycles. The highest BCUT2D eigenvalue weighted by Gasteiger charge is 2.21. The Morgan fingerprint density at radius 1 is 1.06 bits per heavy atom. The second kappa shape index (κ2) is 8.74. The van der Waals surface area contributed by atoms with E-state index in [2.05, 4.69) is 10.3 Å². The van der Waals surface area contributed by atoms with Crippen LogP contribution in [-0.2, 0) is 6.54 Å². The summed E-state index contributed by atoms with van der Waals surface area (Å²) in [6, 6.07) is 19.2. The third-order valence-electron chi connectivity index (χ3n) is 5.65. The molecule has 1 amide bonds. The van der Waals surface area contributed by atoms with Gasteiger partial charge in [0.15, 0.2) is 5.58 Å². The van der Waals surface area contributed by atoms with Crippen molar-refractivity contribution in [1.29, 1.82) is 0 Å². The topological polar surface area (TPSA) is 111 Å². The van der Waals surface area contributed by atoms with Crippen LogP contribution in [0.25, 0.3) is 22.6 Å². The molecule has 5 rings (SSSR count). The number of hydrogen-bond donors (Lipinski definition) is 2. The van der Waals surface area contributed by atoms with E-state index in [4.69, 9.17) is 13.9 Å². The predicted molar refractivity (Wildman–Crippen MR) is 125 cm³/mol. The number of aromatic carboxylic acids is 1. The molecule has 3 aromatic heterocycles. The van der Waals surface area contributed by atoms with Crippen LogP contribution in [0.5, 0.6) is 0 Å². The van der Waals surface area contributed by atoms with Crippen molar-refractivity contribution < 1.29 is 23.5 Å². The maximum atomic E-state index is 13.2. The van der Waals surface area contributed by atoms with E-state index in [1.807, 2.05) is 41.8 Å². The van der Waals surface area contributed by atoms with Crippen LogP contribution in [0, 0.1) is 0 Å². The van der Waals surface area contributed by atoms with Crippen LogP contribution < -0.4 is 5.32 Å². The lowest BCUT2D eigenvalue weighted by Gasteiger charge is -2.16. The molecule has 8 nitrogen and oxygen atoms in total. The van der Waals surface area contributed by atoms with Crippen molar-refractivity contribution in [3.8, 4) is 11.5 Å². The zero-order valence-electron chi connectivity index (χ0n) is 18.3. The molecule has 0 radical (unpaired) electrons. The fraction of sp³-hybridized carbons (Fsp3) is 0.115. The zero-order valence-corrected chi connectivity index (χ0v) is 18.3. The largest absolute Gasteiger partial charge is 0.478 e. The molecular weight excluding hydrogens is 434 g/mol. The molecule has 1 atom stereocenters. The van der Waals surface area contributed by atoms with Crippen LogP contribution in [0.2, 0.25) is 0 Å². The molecular formula is C26H21N3O5. The maximum absolute atomic E-state index is 13.2. The number of oxazole rings is 1. The van der Waals surface area contributed by atoms with Gasteiger partial charge in [-0.3, -0.25) is 4.79 Å². The predicted octanol–water partition coefficient (Wildman–Crippen LogP) is 5.13. The van der Waals surface area contributed by atoms with E-state index in [1.54, 1.807) is 36.8 Å². The standard InChI is InChI=1S/C26H21N3O5/c1-16(17-7-9-19(10-8-17)26(31)32)27-24(30)22-13-23-21(11-12-33-23)29(22)14-20-15-34-25(28-20)18-5-3-2-4-6-18/h2-13,15-16H,14H2,1H3,(H,27,30)(H,31,32)/t16-/m0/s1. The summed E-state index contributed by atoms with van der Waals surface area (Å²) in [5, 5.41) is 12.1. The number of carbonyl (C=O) groups is 2. The Hall–Kier alpha value is -4.59. The highest BCUT2D eigenvalue weighted by molar-refractivity contribution is 5.97. The van der Waals surface area contributed by atoms with Gasteiger partial charge >= 0.3 is 5.97 Å². The fourth-order valence-electron chi connectivity index (χ4n) is 3.86. The van der Waals surface area contributed by atoms with Gasteiger partial charge in [0.25, 0.3) is 5.91 Å². The van der Waals surface area contributed by atoms with Crippen molar-refractivity contribution in [2.45, 2.75) is 19.5 Å². The van der Waals surface area contributed by atoms with Gasteiger partial charge in [0.1, 0.15) is 12.0 Å². The van der Waals surface area contributed by atoms with Gasteiger partial charge in [0.05, 0.1) is 35.6 Å². The Bertz CT molecular complexity index is 1460. The Morgan fingerprint density at radius 2 is 1.82 bits per heavy atom. The monoisotopic (exact) mass is 455 g/mol. The first-order valence-corrected chi connectivity index (χ1v) is 10.7. The maximum Gasteiger partial charge on any atom is 0.335 e. The van der Waals surface area contributed by atoms with E-state index < -0.39 is 5.97 Å². The number of nitrogens with one attached hydrogen (secondary N) is 1. The van der Waals surface area contributed by atoms with Crippen LogP contribution >= 0.6 is 0 Å². The molecule has 0 aliphatic rings. The molecule has 2 aromatic carbocycles. The SMILES string of the molecule is C[C@H](NC(=O)c1cc2occc2n1Cc1coc(-c2ccccc2)n1)c1ccc(C(=O)O)cc1. The Kier molecular flexibility index (Phi) is 5.47. The zero-order chi connectivity index (χ0) is 23.7. The average molecular weight is 455 g/mol. The van der Waals surface area contributed by atoms with Gasteiger partial charge in [-0.15, -0.1) is 0 Å². The number of fused-ring (bicyclic) bond motifs is 1. The first-order chi connectivity index (χ1) is 16.5. The van der Waals surface area contributed by atoms with Gasteiger partial charge in [-0.05, 0) is 36.8 Å². The van der Waals surface area contributed by atoms with Crippen LogP contribution in [0.15, 0.2) is 88.1 Å². The van der Waals surface area contributed by atoms with Gasteiger partial charge in [-0.2, -0.15) is 0 Å². The molecule has 5 aromatic rings. The van der Waals surface area contributed by atoms with Crippen LogP contribution in [0.3, 0.4) is 0 Å². The highest BCUT2D eigenvalue weighted by atomic mass is 16.4. The number of hydrogen-bond acceptors (Lipinski definition) is 5. The lowest BCUT2D eigenvalue weighted by atomic mass is 10.1. The van der Waals surface area contributed by atoms with E-state index in [0.717, 1.165) is 16.6 Å². The minimum Gasteiger partial charge on any atom is -0.478 e. The highest BCUT2D eigenvalue weighted by Crippen LogP contribution is 2.25. The van der Waals surface area contributed by atoms with E-state index in [1.165, 1.54) is 12.1 Å². The molecule has 0 spiro atoms. The van der Waals surface area contributed by atoms with Gasteiger partial charge in [-0.25, -0.2) is 9.78 Å². The number of nitrogens with zero attached hydrogens (tertiary/aromatic N) is 2. The average Bonchev–Trinajstić information content (AvgIpc) is 3.57. The number of amides is 1. The summed E-state index contributed by atoms with van der Waals surface area (Å²) in [7, 11) is 0. The van der Waals surface area contributed by atoms with Gasteiger partial charge in [0, 0.05) is 17.7 Å². The van der Waals surface area contributed by atoms with Gasteiger partial charge in [0.2, 0.25) is 5.89 Å². The van der Waals surface area contributed by atoms with Crippen molar-refractivity contribution in [3.05, 3.63) is 102 Å². The molecule has 3 heterocycles. The molecule has 0 unspecified atom stereocenters. The van der Waals surface area contributed by atoms with Crippen LogP contribution in [0.1, 0.15) is 45.1 Å². The third kappa shape index (κ3) is 4.09. The number of carbonyl (C=O) groups excluding carboxylic acids is 1. The smallest absolute Gasteiger partial charge is 0.335 e. The minimum atomic E-state index is -0.994. The van der Waals surface area contributed by atoms with E-state index in [-0.39, 0.29) is 17.5 Å². The van der Waals surface area contributed by atoms with E-state index in [0.29, 0.717) is 29.4 Å². The molecule has 0 aliphatic heterocycles. The quantitative estimate of drug-likeness (QED) is 0.352. The molecule has 2 N–H and O–H groups in total. The lowest BCUT2D eigenvalue weighted by molar-refractivity contribution is 0.0696. The third-order valence-corrected chi connectivity index (χ3v) is 5.65. The Labute approximate surface area is 194 Å². The minimum absolute atomic E-state index is 0.194. The summed E-state index contributed by atoms with van der Waals surface area (Å²) in [5.41, 5.74) is 4.32. The number of aromatic nitrogens is 2. The number of carboxylic acid groups (broad SMARTS) is 1. The Balaban J connectivity index is 1.39. The molecule has 0 bridgehead atoms. The fourth-order valence-corrected chi connectivity index (χ4v) is 3.86. The molecule has 0 saturated carbocycles. The van der Waals surface area contributed by atoms with Crippen LogP contribution in [0.4, 0.5) is 0 Å². The number of benzene rings is 2. The molecule has 0 fully saturated rings. The lowest BCUT2D eigenvalue weighted by Crippen LogP contribution is -2.28. The van der Waals surface area contributed by atoms with Crippen LogP contribution in [-0.4, -0.2) is 26.5 Å². The van der Waals surface area contributed by atoms with Crippen molar-refractivity contribution >= 4 is 23.0 Å². The summed E-state index contributed by atoms with van der Waals surface area (Å²) < 4.78 is 13.0. The van der Waals surface area contributed by atoms with E-state index >= 15 is 0 Å². The summed E-state index contributed by atoms with van der Waals surface area (Å²) in [6.45, 7) is 2.17. The molecule has 0 aliphatic carbocycles. The number of furan rings is 1. The number of rotatable bonds is 7. The Morgan fingerprint density at radius 3 is 2.56 bits per heavy atom. The molecule has 8 heteroatoms. The van der Waals surface area contributed by atoms with Gasteiger partial charge in [-0.1, -0.05) is 30.3 Å². The van der Waals surface area contributed by atoms with E-state index in [9.17, 15) is 9.59 Å². The molecule has 170 valence electrons. The normalized spacial score (nSPS) is 12.0. The van der Waals surface area contributed by atoms with Crippen molar-refractivity contribution in [3.63, 3.8) is 0 Å². The van der Waals surface area contributed by atoms with Crippen molar-refractivity contribution in [2.75, 3.05) is 0 Å². The van der Waals surface area contributed by atoms with Crippen molar-refractivity contribution in [1.82, 2.24) is 14.9 Å².